The predicted molar refractivity (Wildman–Crippen MR) is 51.1 cm³/mol. The summed E-state index contributed by atoms with van der Waals surface area (Å²) in [5, 5.41) is 10.0. The van der Waals surface area contributed by atoms with Crippen LogP contribution in [-0.4, -0.2) is 11.9 Å². The van der Waals surface area contributed by atoms with Crippen molar-refractivity contribution in [3.05, 3.63) is 0 Å². The summed E-state index contributed by atoms with van der Waals surface area (Å²) in [6.07, 6.45) is 6.12. The van der Waals surface area contributed by atoms with Gasteiger partial charge in [-0.25, -0.2) is 0 Å². The first-order valence-corrected chi connectivity index (χ1v) is 5.11. The van der Waals surface area contributed by atoms with Crippen LogP contribution in [-0.2, 0) is 9.59 Å². The zero-order valence-corrected chi connectivity index (χ0v) is 11.5. The standard InChI is InChI=1S/C10H19NO3.Na/c11-9(12)7-5-3-1-2-4-6-8-10(13)14;/h1-8H2,(H2,11,12)(H,13,14);/q;+1/p-1. The van der Waals surface area contributed by atoms with Crippen LogP contribution >= 0.6 is 0 Å². The first kappa shape index (κ1) is 17.3. The third-order valence-electron chi connectivity index (χ3n) is 2.05. The van der Waals surface area contributed by atoms with Gasteiger partial charge in [0.05, 0.1) is 0 Å². The van der Waals surface area contributed by atoms with Gasteiger partial charge in [-0.2, -0.15) is 0 Å². The Balaban J connectivity index is 0. The molecule has 0 aromatic carbocycles. The van der Waals surface area contributed by atoms with E-state index in [9.17, 15) is 14.7 Å². The van der Waals surface area contributed by atoms with Crippen molar-refractivity contribution in [1.82, 2.24) is 0 Å². The first-order chi connectivity index (χ1) is 6.63. The minimum Gasteiger partial charge on any atom is -0.550 e. The van der Waals surface area contributed by atoms with Crippen LogP contribution in [0.2, 0.25) is 0 Å². The SMILES string of the molecule is NC(=O)CCCCCCCCC(=O)[O-].[Na+]. The van der Waals surface area contributed by atoms with Crippen molar-refractivity contribution in [3.63, 3.8) is 0 Å². The fourth-order valence-corrected chi connectivity index (χ4v) is 1.28. The van der Waals surface area contributed by atoms with E-state index in [0.717, 1.165) is 32.1 Å². The molecule has 0 fully saturated rings. The van der Waals surface area contributed by atoms with Gasteiger partial charge in [0.1, 0.15) is 0 Å². The number of nitrogens with two attached hydrogens (primary N) is 1. The van der Waals surface area contributed by atoms with Crippen molar-refractivity contribution in [2.75, 3.05) is 0 Å². The molecule has 2 N–H and O–H groups in total. The number of carbonyl (C=O) groups excluding carboxylic acids is 2. The van der Waals surface area contributed by atoms with Crippen molar-refractivity contribution in [1.29, 1.82) is 0 Å². The minimum absolute atomic E-state index is 0. The molecule has 0 spiro atoms. The molecule has 0 aliphatic rings. The van der Waals surface area contributed by atoms with E-state index in [4.69, 9.17) is 5.73 Å². The summed E-state index contributed by atoms with van der Waals surface area (Å²) in [6.45, 7) is 0. The van der Waals surface area contributed by atoms with Crippen LogP contribution < -0.4 is 40.4 Å². The maximum atomic E-state index is 10.4. The average Bonchev–Trinajstić information content (AvgIpc) is 2.08. The number of amides is 1. The maximum Gasteiger partial charge on any atom is 1.00 e. The minimum atomic E-state index is -0.973. The van der Waals surface area contributed by atoms with Crippen molar-refractivity contribution >= 4 is 11.9 Å². The number of rotatable bonds is 9. The third kappa shape index (κ3) is 16.6. The molecule has 15 heavy (non-hydrogen) atoms. The Hall–Kier alpha value is -0.0600. The predicted octanol–water partition coefficient (Wildman–Crippen LogP) is -2.65. The van der Waals surface area contributed by atoms with Crippen LogP contribution in [0, 0.1) is 0 Å². The molecule has 0 saturated carbocycles. The third-order valence-corrected chi connectivity index (χ3v) is 2.05. The van der Waals surface area contributed by atoms with Crippen LogP contribution in [0.25, 0.3) is 0 Å². The van der Waals surface area contributed by atoms with E-state index in [1.165, 1.54) is 0 Å². The number of aliphatic carboxylic acids is 1. The molecule has 0 rings (SSSR count). The topological polar surface area (TPSA) is 83.2 Å². The Labute approximate surface area is 113 Å². The molecule has 0 atom stereocenters. The normalized spacial score (nSPS) is 9.33. The molecule has 82 valence electrons. The summed E-state index contributed by atoms with van der Waals surface area (Å²) < 4.78 is 0. The van der Waals surface area contributed by atoms with Gasteiger partial charge in [0.15, 0.2) is 0 Å². The van der Waals surface area contributed by atoms with Crippen LogP contribution in [0.1, 0.15) is 51.4 Å². The average molecular weight is 223 g/mol. The number of carboxylic acids is 1. The zero-order valence-electron chi connectivity index (χ0n) is 9.46. The number of carbonyl (C=O) groups is 2. The molecule has 0 aliphatic heterocycles. The number of hydrogen-bond donors (Lipinski definition) is 1. The quantitative estimate of drug-likeness (QED) is 0.342. The second kappa shape index (κ2) is 12.0. The smallest absolute Gasteiger partial charge is 0.550 e. The van der Waals surface area contributed by atoms with Crippen LogP contribution in [0.15, 0.2) is 0 Å². The molecule has 0 aliphatic carbocycles. The summed E-state index contributed by atoms with van der Waals surface area (Å²) in [5.41, 5.74) is 4.98. The van der Waals surface area contributed by atoms with E-state index in [1.54, 1.807) is 0 Å². The van der Waals surface area contributed by atoms with E-state index < -0.39 is 5.97 Å². The van der Waals surface area contributed by atoms with Crippen molar-refractivity contribution in [2.24, 2.45) is 5.73 Å². The van der Waals surface area contributed by atoms with Gasteiger partial charge in [0, 0.05) is 12.4 Å². The summed E-state index contributed by atoms with van der Waals surface area (Å²) in [7, 11) is 0. The van der Waals surface area contributed by atoms with E-state index in [1.807, 2.05) is 0 Å². The van der Waals surface area contributed by atoms with Crippen molar-refractivity contribution in [2.45, 2.75) is 51.4 Å². The molecule has 0 heterocycles. The van der Waals surface area contributed by atoms with Gasteiger partial charge in [-0.05, 0) is 19.3 Å². The Morgan fingerprint density at radius 2 is 1.27 bits per heavy atom. The second-order valence-electron chi connectivity index (χ2n) is 3.46. The van der Waals surface area contributed by atoms with Crippen LogP contribution in [0.3, 0.4) is 0 Å². The number of hydrogen-bond acceptors (Lipinski definition) is 3. The van der Waals surface area contributed by atoms with Gasteiger partial charge in [0.2, 0.25) is 5.91 Å². The molecule has 0 bridgehead atoms. The first-order valence-electron chi connectivity index (χ1n) is 5.11. The van der Waals surface area contributed by atoms with Crippen LogP contribution in [0.4, 0.5) is 0 Å². The summed E-state index contributed by atoms with van der Waals surface area (Å²) >= 11 is 0. The molecule has 5 heteroatoms. The molecule has 0 unspecified atom stereocenters. The molecule has 4 nitrogen and oxygen atoms in total. The van der Waals surface area contributed by atoms with Crippen molar-refractivity contribution in [3.8, 4) is 0 Å². The van der Waals surface area contributed by atoms with Gasteiger partial charge in [0.25, 0.3) is 0 Å². The fourth-order valence-electron chi connectivity index (χ4n) is 1.28. The summed E-state index contributed by atoms with van der Waals surface area (Å²) in [6, 6.07) is 0. The van der Waals surface area contributed by atoms with Gasteiger partial charge in [-0.15, -0.1) is 0 Å². The number of unbranched alkanes of at least 4 members (excludes halogenated alkanes) is 5. The Kier molecular flexibility index (Phi) is 13.9. The molecular formula is C10H18NNaO3. The van der Waals surface area contributed by atoms with E-state index in [-0.39, 0.29) is 41.9 Å². The molecule has 0 saturated heterocycles. The van der Waals surface area contributed by atoms with Gasteiger partial charge in [-0.1, -0.05) is 25.7 Å². The number of primary amides is 1. The maximum absolute atomic E-state index is 10.4. The number of carboxylic acid groups (broad SMARTS) is 1. The van der Waals surface area contributed by atoms with E-state index in [2.05, 4.69) is 0 Å². The molecule has 0 aromatic heterocycles. The summed E-state index contributed by atoms with van der Waals surface area (Å²) in [4.78, 5) is 20.4. The largest absolute Gasteiger partial charge is 1.00 e. The fraction of sp³-hybridized carbons (Fsp3) is 0.800. The van der Waals surface area contributed by atoms with Gasteiger partial charge < -0.3 is 15.6 Å². The van der Waals surface area contributed by atoms with Crippen molar-refractivity contribution < 1.29 is 44.3 Å². The van der Waals surface area contributed by atoms with Gasteiger partial charge in [-0.3, -0.25) is 4.79 Å². The Bertz CT molecular complexity index is 166. The molecule has 0 radical (unpaired) electrons. The van der Waals surface area contributed by atoms with Gasteiger partial charge >= 0.3 is 29.6 Å². The monoisotopic (exact) mass is 223 g/mol. The molecule has 0 aromatic rings. The Morgan fingerprint density at radius 3 is 1.67 bits per heavy atom. The summed E-state index contributed by atoms with van der Waals surface area (Å²) in [5.74, 6) is -1.22. The van der Waals surface area contributed by atoms with Crippen LogP contribution in [0.5, 0.6) is 0 Å². The Morgan fingerprint density at radius 1 is 0.867 bits per heavy atom. The molecule has 1 amide bonds. The van der Waals surface area contributed by atoms with E-state index in [0.29, 0.717) is 12.8 Å². The van der Waals surface area contributed by atoms with E-state index >= 15 is 0 Å². The molecular weight excluding hydrogens is 205 g/mol. The zero-order chi connectivity index (χ0) is 10.8. The second-order valence-corrected chi connectivity index (χ2v) is 3.46.